The highest BCUT2D eigenvalue weighted by Gasteiger charge is 2.56. The molecule has 1 fully saturated rings. The molecule has 3 aliphatic rings. The predicted molar refractivity (Wildman–Crippen MR) is 157 cm³/mol. The highest BCUT2D eigenvalue weighted by atomic mass is 32.2. The number of nitrogens with one attached hydrogen (secondary N) is 2. The molecule has 4 N–H and O–H groups in total. The molecule has 0 spiro atoms. The number of rotatable bonds is 14. The molecule has 0 aromatic carbocycles. The molecular weight excluding hydrogens is 528 g/mol. The SMILES string of the molecule is C=CC(CCCCC)C1=C(C(=O)C2C(C)C=CC3(O)CC(C(=O)NC(CO)CCSC)CC(C)C23)C(=O)NC1=O. The zero-order valence-corrected chi connectivity index (χ0v) is 25.1. The average molecular weight is 575 g/mol. The number of imide groups is 1. The number of Topliss-reactive ketones (excluding diaryl/α,β-unsaturated/α-hetero) is 1. The van der Waals surface area contributed by atoms with Crippen LogP contribution in [0.25, 0.3) is 0 Å². The van der Waals surface area contributed by atoms with Crippen LogP contribution in [-0.2, 0) is 19.2 Å². The summed E-state index contributed by atoms with van der Waals surface area (Å²) < 4.78 is 0. The Kier molecular flexibility index (Phi) is 11.4. The van der Waals surface area contributed by atoms with Gasteiger partial charge in [0, 0.05) is 29.2 Å². The van der Waals surface area contributed by atoms with Gasteiger partial charge in [-0.25, -0.2) is 0 Å². The summed E-state index contributed by atoms with van der Waals surface area (Å²) in [5.74, 6) is -3.66. The largest absolute Gasteiger partial charge is 0.394 e. The standard InChI is InChI=1S/C31H46N2O6S/c1-6-8-9-10-20(7-2)24-25(30(38)33-29(24)37)27(35)23-18(3)11-13-31(39)16-21(15-19(4)26(23)31)28(36)32-22(17-34)12-14-40-5/h7,11,13,18-23,26,34,39H,2,6,8-10,12,14-17H2,1,3-5H3,(H,32,36)(H,33,37,38). The summed E-state index contributed by atoms with van der Waals surface area (Å²) in [7, 11) is 0. The number of fused-ring (bicyclic) bond motifs is 1. The van der Waals surface area contributed by atoms with Gasteiger partial charge in [-0.05, 0) is 49.5 Å². The molecule has 1 aliphatic heterocycles. The van der Waals surface area contributed by atoms with E-state index < -0.39 is 46.9 Å². The summed E-state index contributed by atoms with van der Waals surface area (Å²) in [6, 6.07) is -0.349. The van der Waals surface area contributed by atoms with Crippen molar-refractivity contribution in [2.24, 2.45) is 35.5 Å². The maximum absolute atomic E-state index is 14.2. The van der Waals surface area contributed by atoms with Gasteiger partial charge in [-0.1, -0.05) is 58.3 Å². The smallest absolute Gasteiger partial charge is 0.262 e. The Morgan fingerprint density at radius 3 is 2.60 bits per heavy atom. The molecule has 0 saturated heterocycles. The minimum atomic E-state index is -1.42. The molecule has 9 heteroatoms. The lowest BCUT2D eigenvalue weighted by atomic mass is 9.55. The molecule has 0 aromatic heterocycles. The van der Waals surface area contributed by atoms with Gasteiger partial charge in [0.15, 0.2) is 5.78 Å². The zero-order chi connectivity index (χ0) is 29.6. The van der Waals surface area contributed by atoms with Gasteiger partial charge in [0.25, 0.3) is 11.8 Å². The number of thioether (sulfide) groups is 1. The molecule has 2 aliphatic carbocycles. The fourth-order valence-electron chi connectivity index (χ4n) is 6.93. The Labute approximate surface area is 242 Å². The number of hydrogen-bond acceptors (Lipinski definition) is 7. The van der Waals surface area contributed by atoms with Gasteiger partial charge >= 0.3 is 0 Å². The Morgan fingerprint density at radius 1 is 1.25 bits per heavy atom. The van der Waals surface area contributed by atoms with Crippen molar-refractivity contribution < 1.29 is 29.4 Å². The number of allylic oxidation sites excluding steroid dienone is 2. The lowest BCUT2D eigenvalue weighted by Crippen LogP contribution is -2.57. The highest BCUT2D eigenvalue weighted by Crippen LogP contribution is 2.51. The maximum Gasteiger partial charge on any atom is 0.262 e. The first-order chi connectivity index (χ1) is 19.0. The van der Waals surface area contributed by atoms with E-state index in [4.69, 9.17) is 0 Å². The molecule has 3 amide bonds. The molecule has 1 saturated carbocycles. The van der Waals surface area contributed by atoms with Crippen LogP contribution in [0.3, 0.4) is 0 Å². The van der Waals surface area contributed by atoms with E-state index in [9.17, 15) is 29.4 Å². The molecule has 0 radical (unpaired) electrons. The number of amides is 3. The van der Waals surface area contributed by atoms with E-state index in [0.717, 1.165) is 25.0 Å². The van der Waals surface area contributed by atoms with Gasteiger partial charge < -0.3 is 15.5 Å². The molecular formula is C31H46N2O6S. The van der Waals surface area contributed by atoms with E-state index in [1.807, 2.05) is 20.1 Å². The predicted octanol–water partition coefficient (Wildman–Crippen LogP) is 3.34. The van der Waals surface area contributed by atoms with Crippen molar-refractivity contribution in [2.45, 2.75) is 77.4 Å². The summed E-state index contributed by atoms with van der Waals surface area (Å²) in [5, 5.41) is 26.9. The van der Waals surface area contributed by atoms with Gasteiger partial charge in [0.1, 0.15) is 0 Å². The second-order valence-corrected chi connectivity index (χ2v) is 12.8. The molecule has 0 aromatic rings. The first-order valence-electron chi connectivity index (χ1n) is 14.6. The Morgan fingerprint density at radius 2 is 1.98 bits per heavy atom. The van der Waals surface area contributed by atoms with Crippen LogP contribution < -0.4 is 10.6 Å². The average Bonchev–Trinajstić information content (AvgIpc) is 3.22. The third-order valence-electron chi connectivity index (χ3n) is 8.96. The van der Waals surface area contributed by atoms with Gasteiger partial charge in [-0.2, -0.15) is 11.8 Å². The molecule has 222 valence electrons. The van der Waals surface area contributed by atoms with E-state index in [0.29, 0.717) is 19.3 Å². The summed E-state index contributed by atoms with van der Waals surface area (Å²) in [5.41, 5.74) is -1.33. The zero-order valence-electron chi connectivity index (χ0n) is 24.3. The van der Waals surface area contributed by atoms with Crippen LogP contribution in [-0.4, -0.2) is 64.0 Å². The Bertz CT molecular complexity index is 1050. The monoisotopic (exact) mass is 574 g/mol. The number of ketones is 1. The number of carbonyl (C=O) groups is 4. The third kappa shape index (κ3) is 6.80. The highest BCUT2D eigenvalue weighted by molar-refractivity contribution is 7.98. The van der Waals surface area contributed by atoms with Crippen LogP contribution in [0.2, 0.25) is 0 Å². The summed E-state index contributed by atoms with van der Waals surface area (Å²) in [6.07, 6.45) is 11.8. The molecule has 8 nitrogen and oxygen atoms in total. The van der Waals surface area contributed by atoms with Crippen LogP contribution in [0.15, 0.2) is 36.0 Å². The van der Waals surface area contributed by atoms with Gasteiger partial charge in [0.2, 0.25) is 5.91 Å². The van der Waals surface area contributed by atoms with E-state index in [1.54, 1.807) is 30.0 Å². The number of carbonyl (C=O) groups excluding carboxylic acids is 4. The lowest BCUT2D eigenvalue weighted by Gasteiger charge is -2.51. The second kappa shape index (κ2) is 14.1. The Balaban J connectivity index is 1.90. The van der Waals surface area contributed by atoms with Gasteiger partial charge in [0.05, 0.1) is 23.8 Å². The number of aliphatic hydroxyl groups is 2. The van der Waals surface area contributed by atoms with Gasteiger partial charge in [-0.3, -0.25) is 24.5 Å². The van der Waals surface area contributed by atoms with Crippen LogP contribution in [0.1, 0.15) is 65.7 Å². The first-order valence-corrected chi connectivity index (χ1v) is 16.0. The lowest BCUT2D eigenvalue weighted by molar-refractivity contribution is -0.144. The molecule has 8 atom stereocenters. The van der Waals surface area contributed by atoms with Crippen molar-refractivity contribution in [1.82, 2.24) is 10.6 Å². The van der Waals surface area contributed by atoms with Gasteiger partial charge in [-0.15, -0.1) is 6.58 Å². The molecule has 40 heavy (non-hydrogen) atoms. The summed E-state index contributed by atoms with van der Waals surface area (Å²) in [4.78, 5) is 53.3. The third-order valence-corrected chi connectivity index (χ3v) is 9.60. The molecule has 1 heterocycles. The van der Waals surface area contributed by atoms with E-state index in [-0.39, 0.29) is 48.0 Å². The summed E-state index contributed by atoms with van der Waals surface area (Å²) >= 11 is 1.64. The minimum absolute atomic E-state index is 0.104. The summed E-state index contributed by atoms with van der Waals surface area (Å²) in [6.45, 7) is 9.63. The number of hydrogen-bond donors (Lipinski definition) is 4. The quantitative estimate of drug-likeness (QED) is 0.108. The van der Waals surface area contributed by atoms with E-state index >= 15 is 0 Å². The van der Waals surface area contributed by atoms with Crippen molar-refractivity contribution in [3.05, 3.63) is 36.0 Å². The maximum atomic E-state index is 14.2. The fourth-order valence-corrected chi connectivity index (χ4v) is 7.45. The molecule has 0 bridgehead atoms. The topological polar surface area (TPSA) is 133 Å². The van der Waals surface area contributed by atoms with Crippen LogP contribution in [0.4, 0.5) is 0 Å². The van der Waals surface area contributed by atoms with E-state index in [2.05, 4.69) is 24.1 Å². The van der Waals surface area contributed by atoms with Crippen LogP contribution >= 0.6 is 11.8 Å². The number of aliphatic hydroxyl groups excluding tert-OH is 1. The fraction of sp³-hybridized carbons (Fsp3) is 0.677. The van der Waals surface area contributed by atoms with Crippen molar-refractivity contribution in [2.75, 3.05) is 18.6 Å². The van der Waals surface area contributed by atoms with Crippen LogP contribution in [0.5, 0.6) is 0 Å². The van der Waals surface area contributed by atoms with Crippen LogP contribution in [0, 0.1) is 35.5 Å². The van der Waals surface area contributed by atoms with Crippen molar-refractivity contribution >= 4 is 35.3 Å². The van der Waals surface area contributed by atoms with Crippen molar-refractivity contribution in [3.8, 4) is 0 Å². The minimum Gasteiger partial charge on any atom is -0.394 e. The van der Waals surface area contributed by atoms with Crippen molar-refractivity contribution in [3.63, 3.8) is 0 Å². The van der Waals surface area contributed by atoms with E-state index in [1.165, 1.54) is 0 Å². The second-order valence-electron chi connectivity index (χ2n) is 11.8. The first kappa shape index (κ1) is 32.3. The van der Waals surface area contributed by atoms with Crippen molar-refractivity contribution in [1.29, 1.82) is 0 Å². The normalized spacial score (nSPS) is 31.4. The number of unbranched alkanes of at least 4 members (excludes halogenated alkanes) is 2. The molecule has 3 rings (SSSR count). The Hall–Kier alpha value is -2.23. The molecule has 8 unspecified atom stereocenters.